The quantitative estimate of drug-likeness (QED) is 0.857. The maximum absolute atomic E-state index is 3.57. The molecule has 0 atom stereocenters. The zero-order valence-electron chi connectivity index (χ0n) is 12.0. The second-order valence-electron chi connectivity index (χ2n) is 5.85. The molecule has 18 heavy (non-hydrogen) atoms. The number of aryl methyl sites for hydroxylation is 1. The second kappa shape index (κ2) is 6.24. The number of benzene rings is 1. The summed E-state index contributed by atoms with van der Waals surface area (Å²) in [6.07, 6.45) is 2.68. The first-order chi connectivity index (χ1) is 8.66. The van der Waals surface area contributed by atoms with Gasteiger partial charge >= 0.3 is 0 Å². The van der Waals surface area contributed by atoms with E-state index in [-0.39, 0.29) is 0 Å². The van der Waals surface area contributed by atoms with E-state index in [1.165, 1.54) is 42.7 Å². The first-order valence-corrected chi connectivity index (χ1v) is 7.22. The van der Waals surface area contributed by atoms with Gasteiger partial charge in [0.1, 0.15) is 0 Å². The summed E-state index contributed by atoms with van der Waals surface area (Å²) in [6.45, 7) is 11.2. The lowest BCUT2D eigenvalue weighted by Crippen LogP contribution is -2.23. The van der Waals surface area contributed by atoms with Gasteiger partial charge in [0.2, 0.25) is 0 Å². The zero-order chi connectivity index (χ0) is 13.0. The molecule has 0 aromatic heterocycles. The largest absolute Gasteiger partial charge is 0.371 e. The van der Waals surface area contributed by atoms with Crippen molar-refractivity contribution in [3.05, 3.63) is 29.3 Å². The molecule has 1 saturated heterocycles. The number of nitrogens with zero attached hydrogens (tertiary/aromatic N) is 1. The van der Waals surface area contributed by atoms with Gasteiger partial charge in [-0.3, -0.25) is 0 Å². The molecule has 1 aromatic rings. The van der Waals surface area contributed by atoms with Crippen molar-refractivity contribution in [1.82, 2.24) is 5.32 Å². The average Bonchev–Trinajstić information content (AvgIpc) is 2.82. The normalized spacial score (nSPS) is 15.7. The van der Waals surface area contributed by atoms with Crippen molar-refractivity contribution >= 4 is 5.69 Å². The SMILES string of the molecule is Cc1ccc(N2CCCC2)c(CNCC(C)C)c1. The van der Waals surface area contributed by atoms with E-state index in [2.05, 4.69) is 49.2 Å². The summed E-state index contributed by atoms with van der Waals surface area (Å²) in [6, 6.07) is 6.87. The molecule has 1 aliphatic rings. The average molecular weight is 246 g/mol. The van der Waals surface area contributed by atoms with Gasteiger partial charge < -0.3 is 10.2 Å². The predicted molar refractivity (Wildman–Crippen MR) is 79.2 cm³/mol. The summed E-state index contributed by atoms with van der Waals surface area (Å²) >= 11 is 0. The fourth-order valence-corrected chi connectivity index (χ4v) is 2.62. The van der Waals surface area contributed by atoms with E-state index < -0.39 is 0 Å². The molecule has 2 nitrogen and oxygen atoms in total. The van der Waals surface area contributed by atoms with Gasteiger partial charge in [-0.15, -0.1) is 0 Å². The molecule has 100 valence electrons. The highest BCUT2D eigenvalue weighted by molar-refractivity contribution is 5.55. The minimum atomic E-state index is 0.713. The molecule has 0 unspecified atom stereocenters. The van der Waals surface area contributed by atoms with Crippen molar-refractivity contribution in [1.29, 1.82) is 0 Å². The van der Waals surface area contributed by atoms with Gasteiger partial charge in [-0.05, 0) is 43.9 Å². The molecule has 0 saturated carbocycles. The Labute approximate surface area is 111 Å². The number of nitrogens with one attached hydrogen (secondary N) is 1. The zero-order valence-corrected chi connectivity index (χ0v) is 12.0. The van der Waals surface area contributed by atoms with E-state index in [9.17, 15) is 0 Å². The first kappa shape index (κ1) is 13.4. The molecule has 1 aliphatic heterocycles. The minimum Gasteiger partial charge on any atom is -0.371 e. The molecule has 2 heteroatoms. The molecular weight excluding hydrogens is 220 g/mol. The molecule has 0 amide bonds. The van der Waals surface area contributed by atoms with Crippen LogP contribution in [0, 0.1) is 12.8 Å². The minimum absolute atomic E-state index is 0.713. The van der Waals surface area contributed by atoms with Gasteiger partial charge in [0.15, 0.2) is 0 Å². The molecule has 0 radical (unpaired) electrons. The van der Waals surface area contributed by atoms with Gasteiger partial charge in [0.25, 0.3) is 0 Å². The lowest BCUT2D eigenvalue weighted by molar-refractivity contribution is 0.552. The number of anilines is 1. The summed E-state index contributed by atoms with van der Waals surface area (Å²) in [4.78, 5) is 2.53. The van der Waals surface area contributed by atoms with Crippen LogP contribution in [-0.4, -0.2) is 19.6 Å². The van der Waals surface area contributed by atoms with E-state index in [1.807, 2.05) is 0 Å². The number of rotatable bonds is 5. The molecule has 0 aliphatic carbocycles. The Morgan fingerprint density at radius 1 is 1.22 bits per heavy atom. The third kappa shape index (κ3) is 3.49. The van der Waals surface area contributed by atoms with Crippen LogP contribution in [0.1, 0.15) is 37.8 Å². The van der Waals surface area contributed by atoms with E-state index >= 15 is 0 Å². The van der Waals surface area contributed by atoms with Crippen LogP contribution >= 0.6 is 0 Å². The Morgan fingerprint density at radius 2 is 1.94 bits per heavy atom. The predicted octanol–water partition coefficient (Wildman–Crippen LogP) is 3.34. The molecule has 1 fully saturated rings. The lowest BCUT2D eigenvalue weighted by Gasteiger charge is -2.22. The third-order valence-corrected chi connectivity index (χ3v) is 3.55. The van der Waals surface area contributed by atoms with Gasteiger partial charge in [-0.1, -0.05) is 31.5 Å². The van der Waals surface area contributed by atoms with Crippen molar-refractivity contribution in [2.75, 3.05) is 24.5 Å². The Morgan fingerprint density at radius 3 is 2.61 bits per heavy atom. The van der Waals surface area contributed by atoms with E-state index in [4.69, 9.17) is 0 Å². The Hall–Kier alpha value is -1.02. The maximum Gasteiger partial charge on any atom is 0.0412 e. The lowest BCUT2D eigenvalue weighted by atomic mass is 10.1. The van der Waals surface area contributed by atoms with Crippen molar-refractivity contribution in [2.45, 2.75) is 40.2 Å². The standard InChI is InChI=1S/C16H26N2/c1-13(2)11-17-12-15-10-14(3)6-7-16(15)18-8-4-5-9-18/h6-7,10,13,17H,4-5,8-9,11-12H2,1-3H3. The summed E-state index contributed by atoms with van der Waals surface area (Å²) in [5.74, 6) is 0.713. The molecular formula is C16H26N2. The highest BCUT2D eigenvalue weighted by atomic mass is 15.1. The van der Waals surface area contributed by atoms with Gasteiger partial charge in [-0.25, -0.2) is 0 Å². The van der Waals surface area contributed by atoms with Crippen LogP contribution in [0.3, 0.4) is 0 Å². The molecule has 1 aromatic carbocycles. The smallest absolute Gasteiger partial charge is 0.0412 e. The van der Waals surface area contributed by atoms with Crippen molar-refractivity contribution < 1.29 is 0 Å². The Kier molecular flexibility index (Phi) is 4.65. The maximum atomic E-state index is 3.57. The van der Waals surface area contributed by atoms with Crippen LogP contribution in [0.4, 0.5) is 5.69 Å². The van der Waals surface area contributed by atoms with Crippen LogP contribution in [0.25, 0.3) is 0 Å². The van der Waals surface area contributed by atoms with E-state index in [0.29, 0.717) is 5.92 Å². The number of hydrogen-bond acceptors (Lipinski definition) is 2. The van der Waals surface area contributed by atoms with Crippen molar-refractivity contribution in [3.63, 3.8) is 0 Å². The molecule has 2 rings (SSSR count). The van der Waals surface area contributed by atoms with Crippen LogP contribution in [0.5, 0.6) is 0 Å². The monoisotopic (exact) mass is 246 g/mol. The van der Waals surface area contributed by atoms with Gasteiger partial charge in [0.05, 0.1) is 0 Å². The Bertz CT molecular complexity index is 379. The van der Waals surface area contributed by atoms with E-state index in [1.54, 1.807) is 0 Å². The fourth-order valence-electron chi connectivity index (χ4n) is 2.62. The van der Waals surface area contributed by atoms with Crippen molar-refractivity contribution in [3.8, 4) is 0 Å². The van der Waals surface area contributed by atoms with Gasteiger partial charge in [0, 0.05) is 25.3 Å². The van der Waals surface area contributed by atoms with Crippen LogP contribution < -0.4 is 10.2 Å². The second-order valence-corrected chi connectivity index (χ2v) is 5.85. The van der Waals surface area contributed by atoms with Crippen LogP contribution in [0.15, 0.2) is 18.2 Å². The van der Waals surface area contributed by atoms with E-state index in [0.717, 1.165) is 13.1 Å². The summed E-state index contributed by atoms with van der Waals surface area (Å²) in [5, 5.41) is 3.57. The molecule has 0 bridgehead atoms. The Balaban J connectivity index is 2.07. The topological polar surface area (TPSA) is 15.3 Å². The fraction of sp³-hybridized carbons (Fsp3) is 0.625. The van der Waals surface area contributed by atoms with Crippen LogP contribution in [0.2, 0.25) is 0 Å². The molecule has 1 N–H and O–H groups in total. The summed E-state index contributed by atoms with van der Waals surface area (Å²) < 4.78 is 0. The van der Waals surface area contributed by atoms with Crippen LogP contribution in [-0.2, 0) is 6.54 Å². The highest BCUT2D eigenvalue weighted by Gasteiger charge is 2.15. The summed E-state index contributed by atoms with van der Waals surface area (Å²) in [7, 11) is 0. The molecule has 0 spiro atoms. The van der Waals surface area contributed by atoms with Crippen molar-refractivity contribution in [2.24, 2.45) is 5.92 Å². The first-order valence-electron chi connectivity index (χ1n) is 7.22. The molecule has 1 heterocycles. The third-order valence-electron chi connectivity index (χ3n) is 3.55. The highest BCUT2D eigenvalue weighted by Crippen LogP contribution is 2.25. The van der Waals surface area contributed by atoms with Gasteiger partial charge in [-0.2, -0.15) is 0 Å². The summed E-state index contributed by atoms with van der Waals surface area (Å²) in [5.41, 5.74) is 4.26. The number of hydrogen-bond donors (Lipinski definition) is 1.